The normalized spacial score (nSPS) is 12.6. The van der Waals surface area contributed by atoms with Crippen LogP contribution in [0.2, 0.25) is 0 Å². The first-order chi connectivity index (χ1) is 11.7. The van der Waals surface area contributed by atoms with Gasteiger partial charge < -0.3 is 5.32 Å². The van der Waals surface area contributed by atoms with Crippen LogP contribution in [0.5, 0.6) is 0 Å². The Labute approximate surface area is 149 Å². The summed E-state index contributed by atoms with van der Waals surface area (Å²) in [5.74, 6) is -0.340. The van der Waals surface area contributed by atoms with Gasteiger partial charge in [0, 0.05) is 17.3 Å². The van der Waals surface area contributed by atoms with Crippen molar-refractivity contribution in [2.45, 2.75) is 45.1 Å². The molecule has 1 amide bonds. The van der Waals surface area contributed by atoms with Crippen molar-refractivity contribution >= 4 is 21.6 Å². The Morgan fingerprint density at radius 1 is 1.12 bits per heavy atom. The second-order valence-electron chi connectivity index (χ2n) is 6.23. The number of carbonyl (C=O) groups excluding carboxylic acids is 1. The van der Waals surface area contributed by atoms with E-state index in [4.69, 9.17) is 0 Å². The summed E-state index contributed by atoms with van der Waals surface area (Å²) in [7, 11) is -3.64. The fourth-order valence-corrected chi connectivity index (χ4v) is 3.74. The lowest BCUT2D eigenvalue weighted by Crippen LogP contribution is -2.32. The fraction of sp³-hybridized carbons (Fsp3) is 0.316. The number of benzene rings is 2. The summed E-state index contributed by atoms with van der Waals surface area (Å²) in [6.45, 7) is 7.60. The Bertz CT molecular complexity index is 876. The SMILES string of the molecule is CCC(C)NS(=O)(=O)c1cccc(C(=O)Nc2ccc(C)cc2C)c1. The Hall–Kier alpha value is -2.18. The molecule has 0 aromatic heterocycles. The van der Waals surface area contributed by atoms with Gasteiger partial charge in [0.25, 0.3) is 5.91 Å². The molecular formula is C19H24N2O3S. The van der Waals surface area contributed by atoms with Crippen molar-refractivity contribution in [2.75, 3.05) is 5.32 Å². The van der Waals surface area contributed by atoms with Gasteiger partial charge in [-0.3, -0.25) is 4.79 Å². The van der Waals surface area contributed by atoms with Crippen LogP contribution < -0.4 is 10.0 Å². The summed E-state index contributed by atoms with van der Waals surface area (Å²) in [6.07, 6.45) is 0.687. The molecule has 0 aliphatic heterocycles. The number of hydrogen-bond donors (Lipinski definition) is 2. The predicted molar refractivity (Wildman–Crippen MR) is 100 cm³/mol. The molecule has 0 bridgehead atoms. The molecule has 2 rings (SSSR count). The first kappa shape index (κ1) is 19.1. The van der Waals surface area contributed by atoms with Crippen molar-refractivity contribution in [3.05, 3.63) is 59.2 Å². The van der Waals surface area contributed by atoms with Crippen LogP contribution in [0.4, 0.5) is 5.69 Å². The van der Waals surface area contributed by atoms with E-state index in [0.717, 1.165) is 11.1 Å². The van der Waals surface area contributed by atoms with Crippen LogP contribution in [0.15, 0.2) is 47.4 Å². The molecule has 6 heteroatoms. The zero-order valence-electron chi connectivity index (χ0n) is 15.0. The van der Waals surface area contributed by atoms with Crippen LogP contribution in [-0.2, 0) is 10.0 Å². The molecule has 0 radical (unpaired) electrons. The molecule has 0 saturated heterocycles. The summed E-state index contributed by atoms with van der Waals surface area (Å²) in [6, 6.07) is 11.6. The zero-order valence-corrected chi connectivity index (χ0v) is 15.8. The molecule has 25 heavy (non-hydrogen) atoms. The Kier molecular flexibility index (Phi) is 5.98. The van der Waals surface area contributed by atoms with Crippen molar-refractivity contribution in [1.29, 1.82) is 0 Å². The van der Waals surface area contributed by atoms with Crippen molar-refractivity contribution < 1.29 is 13.2 Å². The Morgan fingerprint density at radius 2 is 1.84 bits per heavy atom. The molecule has 1 unspecified atom stereocenters. The fourth-order valence-electron chi connectivity index (χ4n) is 2.37. The van der Waals surface area contributed by atoms with E-state index in [0.29, 0.717) is 17.7 Å². The van der Waals surface area contributed by atoms with Crippen LogP contribution in [0.3, 0.4) is 0 Å². The first-order valence-electron chi connectivity index (χ1n) is 8.24. The molecule has 2 N–H and O–H groups in total. The highest BCUT2D eigenvalue weighted by atomic mass is 32.2. The minimum absolute atomic E-state index is 0.0843. The lowest BCUT2D eigenvalue weighted by Gasteiger charge is -2.13. The Balaban J connectivity index is 2.24. The average molecular weight is 360 g/mol. The van der Waals surface area contributed by atoms with Gasteiger partial charge in [0.05, 0.1) is 4.90 Å². The first-order valence-corrected chi connectivity index (χ1v) is 9.72. The van der Waals surface area contributed by atoms with Crippen molar-refractivity contribution in [3.63, 3.8) is 0 Å². The maximum absolute atomic E-state index is 12.5. The van der Waals surface area contributed by atoms with Crippen LogP contribution in [0.1, 0.15) is 41.8 Å². The van der Waals surface area contributed by atoms with Crippen molar-refractivity contribution in [1.82, 2.24) is 4.72 Å². The van der Waals surface area contributed by atoms with Gasteiger partial charge in [-0.25, -0.2) is 13.1 Å². The molecule has 0 heterocycles. The van der Waals surface area contributed by atoms with Gasteiger partial charge in [-0.05, 0) is 57.0 Å². The molecule has 5 nitrogen and oxygen atoms in total. The van der Waals surface area contributed by atoms with E-state index < -0.39 is 10.0 Å². The van der Waals surface area contributed by atoms with Gasteiger partial charge in [-0.1, -0.05) is 30.7 Å². The summed E-state index contributed by atoms with van der Waals surface area (Å²) < 4.78 is 27.4. The third kappa shape index (κ3) is 4.90. The molecule has 134 valence electrons. The van der Waals surface area contributed by atoms with Crippen LogP contribution in [0.25, 0.3) is 0 Å². The molecule has 2 aromatic carbocycles. The molecule has 1 atom stereocenters. The third-order valence-corrected chi connectivity index (χ3v) is 5.59. The molecule has 0 fully saturated rings. The maximum Gasteiger partial charge on any atom is 0.255 e. The zero-order chi connectivity index (χ0) is 18.6. The van der Waals surface area contributed by atoms with Crippen LogP contribution in [-0.4, -0.2) is 20.4 Å². The number of carbonyl (C=O) groups is 1. The van der Waals surface area contributed by atoms with Gasteiger partial charge in [-0.2, -0.15) is 0 Å². The molecule has 0 saturated carbocycles. The lowest BCUT2D eigenvalue weighted by atomic mass is 10.1. The number of amides is 1. The number of anilines is 1. The van der Waals surface area contributed by atoms with E-state index in [1.54, 1.807) is 19.1 Å². The number of rotatable bonds is 6. The number of nitrogens with one attached hydrogen (secondary N) is 2. The summed E-state index contributed by atoms with van der Waals surface area (Å²) >= 11 is 0. The van der Waals surface area contributed by atoms with E-state index in [1.165, 1.54) is 12.1 Å². The van der Waals surface area contributed by atoms with E-state index in [-0.39, 0.29) is 16.8 Å². The summed E-state index contributed by atoms with van der Waals surface area (Å²) in [4.78, 5) is 12.6. The predicted octanol–water partition coefficient (Wildman–Crippen LogP) is 3.63. The lowest BCUT2D eigenvalue weighted by molar-refractivity contribution is 0.102. The van der Waals surface area contributed by atoms with Gasteiger partial charge in [0.2, 0.25) is 10.0 Å². The molecule has 0 aliphatic carbocycles. The topological polar surface area (TPSA) is 75.3 Å². The van der Waals surface area contributed by atoms with Crippen LogP contribution >= 0.6 is 0 Å². The minimum atomic E-state index is -3.64. The standard InChI is InChI=1S/C19H24N2O3S/c1-5-15(4)21-25(23,24)17-8-6-7-16(12-17)19(22)20-18-10-9-13(2)11-14(18)3/h6-12,15,21H,5H2,1-4H3,(H,20,22). The maximum atomic E-state index is 12.5. The van der Waals surface area contributed by atoms with E-state index in [1.807, 2.05) is 39.0 Å². The quantitative estimate of drug-likeness (QED) is 0.826. The second kappa shape index (κ2) is 7.80. The van der Waals surface area contributed by atoms with Crippen LogP contribution in [0, 0.1) is 13.8 Å². The van der Waals surface area contributed by atoms with Gasteiger partial charge >= 0.3 is 0 Å². The van der Waals surface area contributed by atoms with E-state index in [2.05, 4.69) is 10.0 Å². The Morgan fingerprint density at radius 3 is 2.48 bits per heavy atom. The average Bonchev–Trinajstić information content (AvgIpc) is 2.57. The van der Waals surface area contributed by atoms with Crippen molar-refractivity contribution in [2.24, 2.45) is 0 Å². The second-order valence-corrected chi connectivity index (χ2v) is 7.94. The highest BCUT2D eigenvalue weighted by Gasteiger charge is 2.18. The number of aryl methyl sites for hydroxylation is 2. The molecule has 2 aromatic rings. The number of sulfonamides is 1. The monoisotopic (exact) mass is 360 g/mol. The van der Waals surface area contributed by atoms with Crippen molar-refractivity contribution in [3.8, 4) is 0 Å². The summed E-state index contributed by atoms with van der Waals surface area (Å²) in [5, 5.41) is 2.83. The molecular weight excluding hydrogens is 336 g/mol. The highest BCUT2D eigenvalue weighted by Crippen LogP contribution is 2.18. The smallest absolute Gasteiger partial charge is 0.255 e. The third-order valence-electron chi connectivity index (χ3n) is 4.01. The largest absolute Gasteiger partial charge is 0.322 e. The summed E-state index contributed by atoms with van der Waals surface area (Å²) in [5.41, 5.74) is 3.07. The van der Waals surface area contributed by atoms with E-state index >= 15 is 0 Å². The van der Waals surface area contributed by atoms with Gasteiger partial charge in [-0.15, -0.1) is 0 Å². The van der Waals surface area contributed by atoms with Gasteiger partial charge in [0.1, 0.15) is 0 Å². The van der Waals surface area contributed by atoms with Gasteiger partial charge in [0.15, 0.2) is 0 Å². The number of hydrogen-bond acceptors (Lipinski definition) is 3. The van der Waals surface area contributed by atoms with E-state index in [9.17, 15) is 13.2 Å². The molecule has 0 spiro atoms. The minimum Gasteiger partial charge on any atom is -0.322 e. The molecule has 0 aliphatic rings. The highest BCUT2D eigenvalue weighted by molar-refractivity contribution is 7.89.